The number of sulfonamides is 1. The largest absolute Gasteiger partial charge is 0.383 e. The zero-order chi connectivity index (χ0) is 20.7. The minimum Gasteiger partial charge on any atom is -0.383 e. The first-order chi connectivity index (χ1) is 13.2. The minimum atomic E-state index is -3.69. The number of carbonyl (C=O) groups excluding carboxylic acids is 1. The van der Waals surface area contributed by atoms with E-state index in [9.17, 15) is 22.0 Å². The smallest absolute Gasteiger partial charge is 0.251 e. The van der Waals surface area contributed by atoms with Crippen molar-refractivity contribution in [2.45, 2.75) is 24.3 Å². The molecule has 152 valence electrons. The maximum atomic E-state index is 13.7. The van der Waals surface area contributed by atoms with Gasteiger partial charge in [-0.15, -0.1) is 0 Å². The fraction of sp³-hybridized carbons (Fsp3) is 0.316. The molecule has 0 bridgehead atoms. The molecule has 0 spiro atoms. The highest BCUT2D eigenvalue weighted by Crippen LogP contribution is 2.15. The molecule has 6 nitrogen and oxygen atoms in total. The number of hydrogen-bond donors (Lipinski definition) is 2. The normalized spacial score (nSPS) is 12.6. The fourth-order valence-corrected chi connectivity index (χ4v) is 3.55. The number of methoxy groups -OCH3 is 1. The number of benzene rings is 2. The lowest BCUT2D eigenvalue weighted by Gasteiger charge is -2.15. The zero-order valence-electron chi connectivity index (χ0n) is 15.5. The highest BCUT2D eigenvalue weighted by atomic mass is 32.2. The van der Waals surface area contributed by atoms with E-state index in [0.29, 0.717) is 0 Å². The van der Waals surface area contributed by atoms with Gasteiger partial charge in [-0.25, -0.2) is 21.9 Å². The van der Waals surface area contributed by atoms with Crippen LogP contribution in [-0.4, -0.2) is 40.6 Å². The van der Waals surface area contributed by atoms with E-state index in [-0.39, 0.29) is 35.6 Å². The highest BCUT2D eigenvalue weighted by Gasteiger charge is 2.17. The van der Waals surface area contributed by atoms with Gasteiger partial charge in [0.2, 0.25) is 10.0 Å². The fourth-order valence-electron chi connectivity index (χ4n) is 2.54. The Balaban J connectivity index is 2.01. The second-order valence-electron chi connectivity index (χ2n) is 6.19. The van der Waals surface area contributed by atoms with Gasteiger partial charge >= 0.3 is 0 Å². The molecule has 1 unspecified atom stereocenters. The summed E-state index contributed by atoms with van der Waals surface area (Å²) in [6, 6.07) is 8.43. The number of amides is 1. The zero-order valence-corrected chi connectivity index (χ0v) is 16.4. The molecule has 0 radical (unpaired) electrons. The SMILES string of the molecule is COCCNS(=O)(=O)c1ccc(C(=O)NC(C)Cc2c(F)cccc2F)cc1. The average Bonchev–Trinajstić information content (AvgIpc) is 2.65. The van der Waals surface area contributed by atoms with Gasteiger partial charge in [0, 0.05) is 30.8 Å². The van der Waals surface area contributed by atoms with E-state index < -0.39 is 33.6 Å². The molecule has 1 atom stereocenters. The number of halogens is 2. The summed E-state index contributed by atoms with van der Waals surface area (Å²) in [7, 11) is -2.23. The highest BCUT2D eigenvalue weighted by molar-refractivity contribution is 7.89. The summed E-state index contributed by atoms with van der Waals surface area (Å²) in [4.78, 5) is 12.3. The van der Waals surface area contributed by atoms with E-state index in [1.165, 1.54) is 37.4 Å². The summed E-state index contributed by atoms with van der Waals surface area (Å²) in [6.45, 7) is 1.99. The van der Waals surface area contributed by atoms with Crippen LogP contribution >= 0.6 is 0 Å². The lowest BCUT2D eigenvalue weighted by molar-refractivity contribution is 0.0939. The van der Waals surface area contributed by atoms with Gasteiger partial charge in [0.1, 0.15) is 11.6 Å². The third-order valence-electron chi connectivity index (χ3n) is 3.97. The van der Waals surface area contributed by atoms with Gasteiger partial charge in [-0.3, -0.25) is 4.79 Å². The summed E-state index contributed by atoms with van der Waals surface area (Å²) in [5.41, 5.74) is 0.135. The topological polar surface area (TPSA) is 84.5 Å². The molecule has 0 heterocycles. The van der Waals surface area contributed by atoms with Crippen molar-refractivity contribution in [3.8, 4) is 0 Å². The Labute approximate surface area is 163 Å². The molecule has 1 amide bonds. The summed E-state index contributed by atoms with van der Waals surface area (Å²) in [5, 5.41) is 2.65. The third-order valence-corrected chi connectivity index (χ3v) is 5.45. The molecule has 2 rings (SSSR count). The molecule has 0 aromatic heterocycles. The first kappa shape index (κ1) is 21.9. The summed E-state index contributed by atoms with van der Waals surface area (Å²) in [6.07, 6.45) is -0.0138. The Morgan fingerprint density at radius 1 is 1.11 bits per heavy atom. The molecular formula is C19H22F2N2O4S. The molecule has 9 heteroatoms. The van der Waals surface area contributed by atoms with Gasteiger partial charge in [-0.2, -0.15) is 0 Å². The van der Waals surface area contributed by atoms with E-state index in [4.69, 9.17) is 4.74 Å². The van der Waals surface area contributed by atoms with Crippen molar-refractivity contribution in [1.29, 1.82) is 0 Å². The molecule has 0 aliphatic carbocycles. The van der Waals surface area contributed by atoms with Gasteiger partial charge < -0.3 is 10.1 Å². The Kier molecular flexibility index (Phi) is 7.61. The number of nitrogens with one attached hydrogen (secondary N) is 2. The lowest BCUT2D eigenvalue weighted by Crippen LogP contribution is -2.34. The van der Waals surface area contributed by atoms with Crippen molar-refractivity contribution in [3.05, 3.63) is 65.2 Å². The molecule has 0 aliphatic rings. The van der Waals surface area contributed by atoms with Crippen molar-refractivity contribution in [2.24, 2.45) is 0 Å². The molecule has 0 aliphatic heterocycles. The first-order valence-electron chi connectivity index (χ1n) is 8.57. The minimum absolute atomic E-state index is 0.0138. The van der Waals surface area contributed by atoms with Gasteiger partial charge in [0.05, 0.1) is 11.5 Å². The van der Waals surface area contributed by atoms with Crippen molar-refractivity contribution in [1.82, 2.24) is 10.0 Å². The Bertz CT molecular complexity index is 898. The third kappa shape index (κ3) is 5.82. The second kappa shape index (κ2) is 9.72. The van der Waals surface area contributed by atoms with Crippen molar-refractivity contribution in [3.63, 3.8) is 0 Å². The molecule has 2 aromatic rings. The maximum Gasteiger partial charge on any atom is 0.251 e. The Morgan fingerprint density at radius 3 is 2.29 bits per heavy atom. The summed E-state index contributed by atoms with van der Waals surface area (Å²) < 4.78 is 58.8. The van der Waals surface area contributed by atoms with Gasteiger partial charge in [0.15, 0.2) is 0 Å². The number of ether oxygens (including phenoxy) is 1. The average molecular weight is 412 g/mol. The van der Waals surface area contributed by atoms with E-state index in [0.717, 1.165) is 12.1 Å². The molecule has 28 heavy (non-hydrogen) atoms. The van der Waals surface area contributed by atoms with E-state index in [1.54, 1.807) is 6.92 Å². The molecule has 0 saturated carbocycles. The number of rotatable bonds is 9. The van der Waals surface area contributed by atoms with Crippen molar-refractivity contribution >= 4 is 15.9 Å². The Morgan fingerprint density at radius 2 is 1.71 bits per heavy atom. The molecule has 0 fully saturated rings. The van der Waals surface area contributed by atoms with Gasteiger partial charge in [-0.1, -0.05) is 6.07 Å². The van der Waals surface area contributed by atoms with Gasteiger partial charge in [-0.05, 0) is 49.7 Å². The summed E-state index contributed by atoms with van der Waals surface area (Å²) in [5.74, 6) is -1.81. The lowest BCUT2D eigenvalue weighted by atomic mass is 10.1. The first-order valence-corrected chi connectivity index (χ1v) is 10.1. The standard InChI is InChI=1S/C19H22F2N2O4S/c1-13(12-16-17(20)4-3-5-18(16)21)23-19(24)14-6-8-15(9-7-14)28(25,26)22-10-11-27-2/h3-9,13,22H,10-12H2,1-2H3,(H,23,24). The molecule has 2 aromatic carbocycles. The van der Waals surface area contributed by atoms with Crippen LogP contribution in [-0.2, 0) is 21.2 Å². The van der Waals surface area contributed by atoms with E-state index >= 15 is 0 Å². The molecule has 2 N–H and O–H groups in total. The van der Waals surface area contributed by atoms with Gasteiger partial charge in [0.25, 0.3) is 5.91 Å². The van der Waals surface area contributed by atoms with E-state index in [2.05, 4.69) is 10.0 Å². The molecular weight excluding hydrogens is 390 g/mol. The van der Waals surface area contributed by atoms with Crippen LogP contribution in [0, 0.1) is 11.6 Å². The quantitative estimate of drug-likeness (QED) is 0.619. The summed E-state index contributed by atoms with van der Waals surface area (Å²) >= 11 is 0. The van der Waals surface area contributed by atoms with Crippen LogP contribution in [0.4, 0.5) is 8.78 Å². The van der Waals surface area contributed by atoms with E-state index in [1.807, 2.05) is 0 Å². The predicted molar refractivity (Wildman–Crippen MR) is 100 cm³/mol. The maximum absolute atomic E-state index is 13.7. The van der Waals surface area contributed by atoms with Crippen LogP contribution in [0.2, 0.25) is 0 Å². The second-order valence-corrected chi connectivity index (χ2v) is 7.96. The monoisotopic (exact) mass is 412 g/mol. The van der Waals surface area contributed by atoms with Crippen LogP contribution < -0.4 is 10.0 Å². The molecule has 0 saturated heterocycles. The predicted octanol–water partition coefficient (Wildman–Crippen LogP) is 2.25. The number of hydrogen-bond acceptors (Lipinski definition) is 4. The van der Waals surface area contributed by atoms with Crippen LogP contribution in [0.25, 0.3) is 0 Å². The van der Waals surface area contributed by atoms with Crippen molar-refractivity contribution < 1.29 is 26.7 Å². The van der Waals surface area contributed by atoms with Crippen LogP contribution in [0.5, 0.6) is 0 Å². The van der Waals surface area contributed by atoms with Crippen molar-refractivity contribution in [2.75, 3.05) is 20.3 Å². The van der Waals surface area contributed by atoms with Crippen LogP contribution in [0.1, 0.15) is 22.8 Å². The van der Waals surface area contributed by atoms with Crippen LogP contribution in [0.15, 0.2) is 47.4 Å². The Hall–Kier alpha value is -2.36. The number of carbonyl (C=O) groups is 1. The van der Waals surface area contributed by atoms with Crippen LogP contribution in [0.3, 0.4) is 0 Å².